The van der Waals surface area contributed by atoms with Crippen molar-refractivity contribution in [1.82, 2.24) is 14.9 Å². The second kappa shape index (κ2) is 7.27. The molecule has 0 unspecified atom stereocenters. The van der Waals surface area contributed by atoms with Crippen LogP contribution in [0.4, 0.5) is 22.1 Å². The highest BCUT2D eigenvalue weighted by Gasteiger charge is 2.16. The number of urea groups is 1. The van der Waals surface area contributed by atoms with Gasteiger partial charge in [0, 0.05) is 37.9 Å². The standard InChI is InChI=1S/C17H22N6O/c1-13-5-3-4-6-14(13)20-17(24)21-15-11-16(19-12-18-15)23-9-7-22(2)8-10-23/h3-6,11-12H,7-10H2,1-2H3,(H2,18,19,20,21,24). The summed E-state index contributed by atoms with van der Waals surface area (Å²) in [6.45, 7) is 5.79. The SMILES string of the molecule is Cc1ccccc1NC(=O)Nc1cc(N2CCN(C)CC2)ncn1. The first-order valence-corrected chi connectivity index (χ1v) is 8.01. The summed E-state index contributed by atoms with van der Waals surface area (Å²) in [6, 6.07) is 9.13. The van der Waals surface area contributed by atoms with E-state index in [1.807, 2.05) is 37.3 Å². The van der Waals surface area contributed by atoms with Crippen LogP contribution in [0, 0.1) is 6.92 Å². The van der Waals surface area contributed by atoms with Crippen LogP contribution in [0.25, 0.3) is 0 Å². The number of amides is 2. The molecule has 2 aromatic rings. The molecule has 126 valence electrons. The highest BCUT2D eigenvalue weighted by Crippen LogP contribution is 2.17. The van der Waals surface area contributed by atoms with Crippen LogP contribution in [0.2, 0.25) is 0 Å². The largest absolute Gasteiger partial charge is 0.354 e. The van der Waals surface area contributed by atoms with Gasteiger partial charge in [-0.1, -0.05) is 18.2 Å². The van der Waals surface area contributed by atoms with Crippen LogP contribution in [-0.2, 0) is 0 Å². The average Bonchev–Trinajstić information content (AvgIpc) is 2.58. The van der Waals surface area contributed by atoms with Crippen molar-refractivity contribution in [1.29, 1.82) is 0 Å². The number of nitrogens with one attached hydrogen (secondary N) is 2. The number of nitrogens with zero attached hydrogens (tertiary/aromatic N) is 4. The van der Waals surface area contributed by atoms with Gasteiger partial charge in [0.2, 0.25) is 0 Å². The first-order valence-electron chi connectivity index (χ1n) is 8.01. The molecule has 0 aliphatic carbocycles. The maximum absolute atomic E-state index is 12.2. The Morgan fingerprint density at radius 1 is 1.08 bits per heavy atom. The number of aromatic nitrogens is 2. The molecule has 1 saturated heterocycles. The monoisotopic (exact) mass is 326 g/mol. The van der Waals surface area contributed by atoms with Crippen molar-refractivity contribution in [3.8, 4) is 0 Å². The summed E-state index contributed by atoms with van der Waals surface area (Å²) in [5.41, 5.74) is 1.79. The number of para-hydroxylation sites is 1. The number of aryl methyl sites for hydroxylation is 1. The Bertz CT molecular complexity index is 712. The minimum atomic E-state index is -0.313. The molecular formula is C17H22N6O. The van der Waals surface area contributed by atoms with E-state index in [4.69, 9.17) is 0 Å². The summed E-state index contributed by atoms with van der Waals surface area (Å²) in [5, 5.41) is 5.60. The first kappa shape index (κ1) is 16.2. The zero-order chi connectivity index (χ0) is 16.9. The summed E-state index contributed by atoms with van der Waals surface area (Å²) in [6.07, 6.45) is 1.48. The maximum Gasteiger partial charge on any atom is 0.324 e. The van der Waals surface area contributed by atoms with Gasteiger partial charge < -0.3 is 15.1 Å². The van der Waals surface area contributed by atoms with Gasteiger partial charge in [0.1, 0.15) is 18.0 Å². The van der Waals surface area contributed by atoms with Crippen LogP contribution >= 0.6 is 0 Å². The average molecular weight is 326 g/mol. The molecule has 1 aliphatic rings. The van der Waals surface area contributed by atoms with Gasteiger partial charge in [-0.15, -0.1) is 0 Å². The van der Waals surface area contributed by atoms with Gasteiger partial charge in [-0.25, -0.2) is 14.8 Å². The van der Waals surface area contributed by atoms with Gasteiger partial charge in [-0.2, -0.15) is 0 Å². The molecule has 7 heteroatoms. The summed E-state index contributed by atoms with van der Waals surface area (Å²) >= 11 is 0. The molecule has 1 aromatic carbocycles. The molecule has 24 heavy (non-hydrogen) atoms. The number of anilines is 3. The number of hydrogen-bond acceptors (Lipinski definition) is 5. The summed E-state index contributed by atoms with van der Waals surface area (Å²) < 4.78 is 0. The third-order valence-corrected chi connectivity index (χ3v) is 4.11. The van der Waals surface area contributed by atoms with Gasteiger partial charge in [-0.3, -0.25) is 5.32 Å². The molecule has 0 spiro atoms. The normalized spacial score (nSPS) is 15.2. The molecule has 7 nitrogen and oxygen atoms in total. The number of carbonyl (C=O) groups is 1. The number of carbonyl (C=O) groups excluding carboxylic acids is 1. The molecule has 1 fully saturated rings. The summed E-state index contributed by atoms with van der Waals surface area (Å²) in [4.78, 5) is 25.1. The smallest absolute Gasteiger partial charge is 0.324 e. The molecule has 0 saturated carbocycles. The van der Waals surface area contributed by atoms with E-state index in [1.165, 1.54) is 6.33 Å². The zero-order valence-electron chi connectivity index (χ0n) is 14.0. The first-order chi connectivity index (χ1) is 11.6. The third kappa shape index (κ3) is 3.99. The van der Waals surface area contributed by atoms with E-state index in [-0.39, 0.29) is 6.03 Å². The van der Waals surface area contributed by atoms with Gasteiger partial charge in [0.15, 0.2) is 0 Å². The number of rotatable bonds is 3. The molecule has 0 atom stereocenters. The molecule has 2 heterocycles. The Morgan fingerprint density at radius 3 is 2.58 bits per heavy atom. The molecule has 1 aliphatic heterocycles. The van der Waals surface area contributed by atoms with Crippen molar-refractivity contribution in [2.75, 3.05) is 48.8 Å². The van der Waals surface area contributed by atoms with Crippen molar-refractivity contribution < 1.29 is 4.79 Å². The van der Waals surface area contributed by atoms with Gasteiger partial charge >= 0.3 is 6.03 Å². The van der Waals surface area contributed by atoms with Crippen molar-refractivity contribution in [2.24, 2.45) is 0 Å². The topological polar surface area (TPSA) is 73.4 Å². The van der Waals surface area contributed by atoms with Crippen molar-refractivity contribution in [2.45, 2.75) is 6.92 Å². The molecule has 2 N–H and O–H groups in total. The highest BCUT2D eigenvalue weighted by molar-refractivity contribution is 5.99. The fourth-order valence-electron chi connectivity index (χ4n) is 2.61. The number of benzene rings is 1. The lowest BCUT2D eigenvalue weighted by Gasteiger charge is -2.33. The molecule has 3 rings (SSSR count). The van der Waals surface area contributed by atoms with Crippen LogP contribution in [0.3, 0.4) is 0 Å². The lowest BCUT2D eigenvalue weighted by molar-refractivity contribution is 0.262. The van der Waals surface area contributed by atoms with Gasteiger partial charge in [0.25, 0.3) is 0 Å². The van der Waals surface area contributed by atoms with E-state index >= 15 is 0 Å². The predicted molar refractivity (Wildman–Crippen MR) is 95.6 cm³/mol. The van der Waals surface area contributed by atoms with E-state index in [1.54, 1.807) is 0 Å². The Morgan fingerprint density at radius 2 is 1.83 bits per heavy atom. The number of piperazine rings is 1. The van der Waals surface area contributed by atoms with E-state index in [0.717, 1.165) is 43.2 Å². The third-order valence-electron chi connectivity index (χ3n) is 4.11. The predicted octanol–water partition coefficient (Wildman–Crippen LogP) is 2.18. The second-order valence-corrected chi connectivity index (χ2v) is 5.95. The Hall–Kier alpha value is -2.67. The Balaban J connectivity index is 1.64. The molecule has 0 bridgehead atoms. The quantitative estimate of drug-likeness (QED) is 0.904. The van der Waals surface area contributed by atoms with Crippen molar-refractivity contribution in [3.63, 3.8) is 0 Å². The lowest BCUT2D eigenvalue weighted by atomic mass is 10.2. The highest BCUT2D eigenvalue weighted by atomic mass is 16.2. The van der Waals surface area contributed by atoms with E-state index < -0.39 is 0 Å². The lowest BCUT2D eigenvalue weighted by Crippen LogP contribution is -2.44. The van der Waals surface area contributed by atoms with Crippen LogP contribution in [0.15, 0.2) is 36.7 Å². The maximum atomic E-state index is 12.2. The minimum absolute atomic E-state index is 0.313. The van der Waals surface area contributed by atoms with Crippen molar-refractivity contribution >= 4 is 23.4 Å². The number of hydrogen-bond donors (Lipinski definition) is 2. The van der Waals surface area contributed by atoms with Crippen LogP contribution in [-0.4, -0.2) is 54.1 Å². The molecule has 2 amide bonds. The van der Waals surface area contributed by atoms with Crippen LogP contribution in [0.1, 0.15) is 5.56 Å². The molecule has 0 radical (unpaired) electrons. The van der Waals surface area contributed by atoms with Crippen molar-refractivity contribution in [3.05, 3.63) is 42.2 Å². The van der Waals surface area contributed by atoms with Crippen LogP contribution in [0.5, 0.6) is 0 Å². The fourth-order valence-corrected chi connectivity index (χ4v) is 2.61. The number of likely N-dealkylation sites (N-methyl/N-ethyl adjacent to an activating group) is 1. The molecular weight excluding hydrogens is 304 g/mol. The Kier molecular flexibility index (Phi) is 4.90. The Labute approximate surface area is 141 Å². The minimum Gasteiger partial charge on any atom is -0.354 e. The van der Waals surface area contributed by atoms with E-state index in [9.17, 15) is 4.79 Å². The zero-order valence-corrected chi connectivity index (χ0v) is 14.0. The van der Waals surface area contributed by atoms with E-state index in [0.29, 0.717) is 5.82 Å². The molecule has 1 aromatic heterocycles. The van der Waals surface area contributed by atoms with E-state index in [2.05, 4.69) is 37.4 Å². The van der Waals surface area contributed by atoms with Crippen LogP contribution < -0.4 is 15.5 Å². The van der Waals surface area contributed by atoms with Gasteiger partial charge in [0.05, 0.1) is 0 Å². The summed E-state index contributed by atoms with van der Waals surface area (Å²) in [7, 11) is 2.11. The summed E-state index contributed by atoms with van der Waals surface area (Å²) in [5.74, 6) is 1.33. The van der Waals surface area contributed by atoms with Gasteiger partial charge in [-0.05, 0) is 25.6 Å². The fraction of sp³-hybridized carbons (Fsp3) is 0.353. The second-order valence-electron chi connectivity index (χ2n) is 5.95.